The fraction of sp³-hybridized carbons (Fsp3) is 0.250. The Hall–Kier alpha value is -1.56. The van der Waals surface area contributed by atoms with E-state index in [0.717, 1.165) is 16.3 Å². The molecule has 3 aromatic rings. The van der Waals surface area contributed by atoms with Crippen LogP contribution in [0.1, 0.15) is 33.9 Å². The van der Waals surface area contributed by atoms with Crippen molar-refractivity contribution in [3.05, 3.63) is 56.0 Å². The van der Waals surface area contributed by atoms with Crippen LogP contribution in [0, 0.1) is 0 Å². The van der Waals surface area contributed by atoms with Gasteiger partial charge in [-0.3, -0.25) is 4.79 Å². The average Bonchev–Trinajstić information content (AvgIpc) is 3.09. The molecule has 1 aliphatic heterocycles. The molecular weight excluding hydrogens is 353 g/mol. The van der Waals surface area contributed by atoms with Crippen molar-refractivity contribution in [2.75, 3.05) is 6.54 Å². The summed E-state index contributed by atoms with van der Waals surface area (Å²) in [6.07, 6.45) is 2.53. The zero-order valence-electron chi connectivity index (χ0n) is 12.3. The maximum absolute atomic E-state index is 12.9. The molecule has 0 N–H and O–H groups in total. The first-order valence-corrected chi connectivity index (χ1v) is 8.84. The second-order valence-electron chi connectivity index (χ2n) is 5.61. The van der Waals surface area contributed by atoms with Crippen molar-refractivity contribution in [1.82, 2.24) is 14.5 Å². The Morgan fingerprint density at radius 2 is 2.17 bits per heavy atom. The minimum Gasteiger partial charge on any atom is -0.329 e. The molecule has 1 atom stereocenters. The molecule has 0 fully saturated rings. The molecule has 23 heavy (non-hydrogen) atoms. The first kappa shape index (κ1) is 15.0. The number of fused-ring (bicyclic) bond motifs is 2. The molecule has 4 rings (SSSR count). The first-order chi connectivity index (χ1) is 11.0. The summed E-state index contributed by atoms with van der Waals surface area (Å²) in [5.41, 5.74) is 2.53. The van der Waals surface area contributed by atoms with Crippen molar-refractivity contribution in [3.8, 4) is 0 Å². The molecule has 0 radical (unpaired) electrons. The van der Waals surface area contributed by atoms with E-state index in [1.54, 1.807) is 34.2 Å². The van der Waals surface area contributed by atoms with Crippen molar-refractivity contribution in [2.24, 2.45) is 0 Å². The monoisotopic (exact) mass is 365 g/mol. The van der Waals surface area contributed by atoms with Crippen LogP contribution >= 0.6 is 34.5 Å². The summed E-state index contributed by atoms with van der Waals surface area (Å²) in [6.45, 7) is 2.71. The first-order valence-electron chi connectivity index (χ1n) is 7.27. The molecule has 4 nitrogen and oxygen atoms in total. The SMILES string of the molecule is CC1c2sc(Cl)cc2CCN1C(=O)c1cc2ccc(Cl)cn2n1. The summed E-state index contributed by atoms with van der Waals surface area (Å²) >= 11 is 13.6. The van der Waals surface area contributed by atoms with Gasteiger partial charge in [-0.2, -0.15) is 5.10 Å². The minimum atomic E-state index is -0.0625. The van der Waals surface area contributed by atoms with Gasteiger partial charge in [-0.15, -0.1) is 11.3 Å². The highest BCUT2D eigenvalue weighted by molar-refractivity contribution is 7.16. The van der Waals surface area contributed by atoms with Crippen molar-refractivity contribution in [3.63, 3.8) is 0 Å². The molecule has 1 amide bonds. The van der Waals surface area contributed by atoms with E-state index in [2.05, 4.69) is 5.10 Å². The highest BCUT2D eigenvalue weighted by Gasteiger charge is 2.31. The molecule has 1 unspecified atom stereocenters. The molecule has 3 aromatic heterocycles. The molecule has 0 saturated carbocycles. The predicted molar refractivity (Wildman–Crippen MR) is 92.7 cm³/mol. The van der Waals surface area contributed by atoms with Crippen LogP contribution in [0.4, 0.5) is 0 Å². The zero-order chi connectivity index (χ0) is 16.1. The number of amides is 1. The molecule has 4 heterocycles. The molecule has 0 aromatic carbocycles. The normalized spacial score (nSPS) is 17.5. The lowest BCUT2D eigenvalue weighted by Crippen LogP contribution is -2.38. The van der Waals surface area contributed by atoms with Crippen LogP contribution in [-0.2, 0) is 6.42 Å². The van der Waals surface area contributed by atoms with Crippen molar-refractivity contribution in [2.45, 2.75) is 19.4 Å². The average molecular weight is 366 g/mol. The van der Waals surface area contributed by atoms with E-state index < -0.39 is 0 Å². The zero-order valence-corrected chi connectivity index (χ0v) is 14.6. The van der Waals surface area contributed by atoms with E-state index in [0.29, 0.717) is 17.3 Å². The van der Waals surface area contributed by atoms with Crippen molar-refractivity contribution >= 4 is 46.0 Å². The summed E-state index contributed by atoms with van der Waals surface area (Å²) in [7, 11) is 0. The number of nitrogens with zero attached hydrogens (tertiary/aromatic N) is 3. The van der Waals surface area contributed by atoms with Gasteiger partial charge in [-0.25, -0.2) is 4.52 Å². The Bertz CT molecular complexity index is 917. The van der Waals surface area contributed by atoms with Crippen LogP contribution in [0.2, 0.25) is 9.36 Å². The van der Waals surface area contributed by atoms with Gasteiger partial charge >= 0.3 is 0 Å². The third-order valence-corrected chi connectivity index (χ3v) is 5.88. The lowest BCUT2D eigenvalue weighted by atomic mass is 10.0. The summed E-state index contributed by atoms with van der Waals surface area (Å²) in [5, 5.41) is 4.95. The lowest BCUT2D eigenvalue weighted by molar-refractivity contribution is 0.0675. The fourth-order valence-electron chi connectivity index (χ4n) is 3.02. The third-order valence-electron chi connectivity index (χ3n) is 4.18. The fourth-order valence-corrected chi connectivity index (χ4v) is 4.56. The van der Waals surface area contributed by atoms with E-state index in [9.17, 15) is 4.79 Å². The third kappa shape index (κ3) is 2.53. The van der Waals surface area contributed by atoms with E-state index in [-0.39, 0.29) is 11.9 Å². The molecule has 0 spiro atoms. The van der Waals surface area contributed by atoms with E-state index in [1.165, 1.54) is 10.4 Å². The number of hydrogen-bond acceptors (Lipinski definition) is 3. The molecule has 7 heteroatoms. The highest BCUT2D eigenvalue weighted by Crippen LogP contribution is 2.38. The second-order valence-corrected chi connectivity index (χ2v) is 7.76. The number of rotatable bonds is 1. The van der Waals surface area contributed by atoms with Crippen molar-refractivity contribution in [1.29, 1.82) is 0 Å². The minimum absolute atomic E-state index is 0.0113. The Morgan fingerprint density at radius 1 is 1.35 bits per heavy atom. The van der Waals surface area contributed by atoms with Crippen LogP contribution in [0.3, 0.4) is 0 Å². The maximum atomic E-state index is 12.9. The maximum Gasteiger partial charge on any atom is 0.274 e. The molecular formula is C16H13Cl2N3OS. The van der Waals surface area contributed by atoms with Gasteiger partial charge in [0.25, 0.3) is 5.91 Å². The number of halogens is 2. The molecule has 1 aliphatic rings. The van der Waals surface area contributed by atoms with Gasteiger partial charge in [0.1, 0.15) is 0 Å². The van der Waals surface area contributed by atoms with Gasteiger partial charge in [-0.1, -0.05) is 23.2 Å². The number of pyridine rings is 1. The van der Waals surface area contributed by atoms with Crippen LogP contribution < -0.4 is 0 Å². The van der Waals surface area contributed by atoms with Crippen LogP contribution in [0.25, 0.3) is 5.52 Å². The molecule has 0 bridgehead atoms. The summed E-state index contributed by atoms with van der Waals surface area (Å²) in [5.74, 6) is -0.0625. The summed E-state index contributed by atoms with van der Waals surface area (Å²) in [4.78, 5) is 15.9. The Morgan fingerprint density at radius 3 is 3.00 bits per heavy atom. The van der Waals surface area contributed by atoms with Crippen LogP contribution in [-0.4, -0.2) is 27.0 Å². The Kier molecular flexibility index (Phi) is 3.59. The number of hydrogen-bond donors (Lipinski definition) is 0. The summed E-state index contributed by atoms with van der Waals surface area (Å²) in [6, 6.07) is 7.45. The highest BCUT2D eigenvalue weighted by atomic mass is 35.5. The number of carbonyl (C=O) groups excluding carboxylic acids is 1. The predicted octanol–water partition coefficient (Wildman–Crippen LogP) is 4.46. The second kappa shape index (κ2) is 5.51. The largest absolute Gasteiger partial charge is 0.329 e. The molecule has 0 saturated heterocycles. The van der Waals surface area contributed by atoms with E-state index >= 15 is 0 Å². The topological polar surface area (TPSA) is 37.6 Å². The van der Waals surface area contributed by atoms with Gasteiger partial charge < -0.3 is 4.90 Å². The number of aromatic nitrogens is 2. The summed E-state index contributed by atoms with van der Waals surface area (Å²) < 4.78 is 2.41. The van der Waals surface area contributed by atoms with E-state index in [4.69, 9.17) is 23.2 Å². The molecule has 0 aliphatic carbocycles. The van der Waals surface area contributed by atoms with Gasteiger partial charge in [0.15, 0.2) is 5.69 Å². The number of carbonyl (C=O) groups is 1. The van der Waals surface area contributed by atoms with Crippen LogP contribution in [0.5, 0.6) is 0 Å². The lowest BCUT2D eigenvalue weighted by Gasteiger charge is -2.32. The Balaban J connectivity index is 1.68. The molecule has 118 valence electrons. The van der Waals surface area contributed by atoms with Gasteiger partial charge in [0.05, 0.1) is 20.9 Å². The quantitative estimate of drug-likeness (QED) is 0.638. The van der Waals surface area contributed by atoms with Gasteiger partial charge in [0.2, 0.25) is 0 Å². The smallest absolute Gasteiger partial charge is 0.274 e. The van der Waals surface area contributed by atoms with Gasteiger partial charge in [0, 0.05) is 17.6 Å². The van der Waals surface area contributed by atoms with Gasteiger partial charge in [-0.05, 0) is 43.2 Å². The van der Waals surface area contributed by atoms with E-state index in [1.807, 2.05) is 24.0 Å². The Labute approximate surface area is 147 Å². The number of thiophene rings is 1. The van der Waals surface area contributed by atoms with Crippen molar-refractivity contribution < 1.29 is 4.79 Å². The van der Waals surface area contributed by atoms with Crippen LogP contribution in [0.15, 0.2) is 30.5 Å². The standard InChI is InChI=1S/C16H13Cl2N3OS/c1-9-15-10(6-14(18)23-15)4-5-20(9)16(22)13-7-12-3-2-11(17)8-21(12)19-13/h2-3,6-9H,4-5H2,1H3.